The zero-order chi connectivity index (χ0) is 8.97. The van der Waals surface area contributed by atoms with Gasteiger partial charge in [0.1, 0.15) is 0 Å². The van der Waals surface area contributed by atoms with Gasteiger partial charge < -0.3 is 11.1 Å². The Hall–Kier alpha value is -0.870. The second-order valence-electron chi connectivity index (χ2n) is 3.00. The Labute approximate surface area is 72.8 Å². The fourth-order valence-corrected chi connectivity index (χ4v) is 0.920. The Morgan fingerprint density at radius 2 is 2.50 bits per heavy atom. The van der Waals surface area contributed by atoms with Crippen molar-refractivity contribution in [2.75, 3.05) is 6.54 Å². The van der Waals surface area contributed by atoms with Gasteiger partial charge in [0.2, 0.25) is 0 Å². The van der Waals surface area contributed by atoms with Crippen LogP contribution in [-0.2, 0) is 13.6 Å². The highest BCUT2D eigenvalue weighted by atomic mass is 15.3. The first-order valence-electron chi connectivity index (χ1n) is 4.14. The van der Waals surface area contributed by atoms with E-state index in [9.17, 15) is 0 Å². The van der Waals surface area contributed by atoms with Crippen LogP contribution in [0.1, 0.15) is 12.6 Å². The summed E-state index contributed by atoms with van der Waals surface area (Å²) in [4.78, 5) is 0. The van der Waals surface area contributed by atoms with Gasteiger partial charge in [0.05, 0.1) is 5.69 Å². The van der Waals surface area contributed by atoms with Crippen molar-refractivity contribution in [2.45, 2.75) is 19.5 Å². The minimum Gasteiger partial charge on any atom is -0.329 e. The molecule has 4 nitrogen and oxygen atoms in total. The highest BCUT2D eigenvalue weighted by Crippen LogP contribution is 1.93. The Morgan fingerprint density at radius 3 is 3.00 bits per heavy atom. The highest BCUT2D eigenvalue weighted by Gasteiger charge is 1.99. The lowest BCUT2D eigenvalue weighted by molar-refractivity contribution is 0.546. The van der Waals surface area contributed by atoms with Gasteiger partial charge in [-0.15, -0.1) is 0 Å². The number of rotatable bonds is 4. The Balaban J connectivity index is 2.33. The van der Waals surface area contributed by atoms with E-state index in [1.807, 2.05) is 19.3 Å². The van der Waals surface area contributed by atoms with E-state index < -0.39 is 0 Å². The largest absolute Gasteiger partial charge is 0.329 e. The number of nitrogens with zero attached hydrogens (tertiary/aromatic N) is 2. The fourth-order valence-electron chi connectivity index (χ4n) is 0.920. The third-order valence-corrected chi connectivity index (χ3v) is 1.75. The van der Waals surface area contributed by atoms with E-state index in [0.717, 1.165) is 12.2 Å². The molecule has 0 aliphatic heterocycles. The van der Waals surface area contributed by atoms with Gasteiger partial charge in [0.25, 0.3) is 0 Å². The Morgan fingerprint density at radius 1 is 1.75 bits per heavy atom. The molecular formula is C8H16N4. The van der Waals surface area contributed by atoms with Gasteiger partial charge in [0.15, 0.2) is 0 Å². The topological polar surface area (TPSA) is 55.9 Å². The van der Waals surface area contributed by atoms with Gasteiger partial charge in [-0.05, 0) is 13.0 Å². The maximum atomic E-state index is 5.45. The first-order valence-corrected chi connectivity index (χ1v) is 4.14. The van der Waals surface area contributed by atoms with Crippen LogP contribution >= 0.6 is 0 Å². The van der Waals surface area contributed by atoms with Gasteiger partial charge >= 0.3 is 0 Å². The molecule has 0 saturated heterocycles. The third-order valence-electron chi connectivity index (χ3n) is 1.75. The molecule has 1 heterocycles. The van der Waals surface area contributed by atoms with E-state index in [-0.39, 0.29) is 0 Å². The summed E-state index contributed by atoms with van der Waals surface area (Å²) in [6.07, 6.45) is 1.93. The maximum absolute atomic E-state index is 5.45. The Bertz CT molecular complexity index is 231. The summed E-state index contributed by atoms with van der Waals surface area (Å²) in [5.74, 6) is 0. The van der Waals surface area contributed by atoms with Crippen molar-refractivity contribution in [3.63, 3.8) is 0 Å². The monoisotopic (exact) mass is 168 g/mol. The number of aryl methyl sites for hydroxylation is 1. The molecule has 12 heavy (non-hydrogen) atoms. The van der Waals surface area contributed by atoms with Crippen molar-refractivity contribution in [1.82, 2.24) is 15.1 Å². The van der Waals surface area contributed by atoms with Crippen LogP contribution in [0.4, 0.5) is 0 Å². The lowest BCUT2D eigenvalue weighted by atomic mass is 10.3. The third kappa shape index (κ3) is 2.64. The van der Waals surface area contributed by atoms with Crippen LogP contribution in [0.2, 0.25) is 0 Å². The quantitative estimate of drug-likeness (QED) is 0.657. The van der Waals surface area contributed by atoms with Crippen LogP contribution in [0.3, 0.4) is 0 Å². The molecule has 1 aromatic heterocycles. The van der Waals surface area contributed by atoms with E-state index in [2.05, 4.69) is 17.3 Å². The van der Waals surface area contributed by atoms with Crippen LogP contribution in [0, 0.1) is 0 Å². The van der Waals surface area contributed by atoms with Gasteiger partial charge in [-0.25, -0.2) is 0 Å². The molecule has 1 unspecified atom stereocenters. The van der Waals surface area contributed by atoms with Crippen LogP contribution in [-0.4, -0.2) is 22.4 Å². The summed E-state index contributed by atoms with van der Waals surface area (Å²) in [6, 6.07) is 2.35. The summed E-state index contributed by atoms with van der Waals surface area (Å²) in [5, 5.41) is 7.49. The molecule has 1 atom stereocenters. The van der Waals surface area contributed by atoms with Crippen molar-refractivity contribution in [2.24, 2.45) is 12.8 Å². The van der Waals surface area contributed by atoms with Crippen LogP contribution in [0.25, 0.3) is 0 Å². The molecule has 4 heteroatoms. The van der Waals surface area contributed by atoms with Crippen molar-refractivity contribution < 1.29 is 0 Å². The molecule has 3 N–H and O–H groups in total. The number of hydrogen-bond acceptors (Lipinski definition) is 3. The minimum absolute atomic E-state index is 0.354. The van der Waals surface area contributed by atoms with Crippen molar-refractivity contribution in [1.29, 1.82) is 0 Å². The molecule has 0 aliphatic rings. The molecule has 0 aliphatic carbocycles. The predicted octanol–water partition coefficient (Wildman–Crippen LogP) is -0.143. The smallest absolute Gasteiger partial charge is 0.0762 e. The number of nitrogens with two attached hydrogens (primary N) is 1. The number of hydrogen-bond donors (Lipinski definition) is 2. The van der Waals surface area contributed by atoms with Crippen molar-refractivity contribution in [3.8, 4) is 0 Å². The molecule has 0 radical (unpaired) electrons. The first kappa shape index (κ1) is 9.22. The van der Waals surface area contributed by atoms with E-state index >= 15 is 0 Å². The van der Waals surface area contributed by atoms with E-state index in [0.29, 0.717) is 12.6 Å². The van der Waals surface area contributed by atoms with Crippen molar-refractivity contribution in [3.05, 3.63) is 18.0 Å². The lowest BCUT2D eigenvalue weighted by Crippen LogP contribution is -2.32. The van der Waals surface area contributed by atoms with Gasteiger partial charge in [-0.3, -0.25) is 4.68 Å². The number of nitrogens with one attached hydrogen (secondary N) is 1. The summed E-state index contributed by atoms with van der Waals surface area (Å²) in [5.41, 5.74) is 6.51. The molecule has 1 aromatic rings. The summed E-state index contributed by atoms with van der Waals surface area (Å²) in [7, 11) is 1.91. The van der Waals surface area contributed by atoms with Gasteiger partial charge in [-0.1, -0.05) is 0 Å². The molecule has 0 saturated carbocycles. The fraction of sp³-hybridized carbons (Fsp3) is 0.625. The van der Waals surface area contributed by atoms with Gasteiger partial charge in [0, 0.05) is 32.4 Å². The highest BCUT2D eigenvalue weighted by molar-refractivity contribution is 4.98. The molecule has 0 amide bonds. The summed E-state index contributed by atoms with van der Waals surface area (Å²) >= 11 is 0. The van der Waals surface area contributed by atoms with E-state index in [1.165, 1.54) is 0 Å². The average Bonchev–Trinajstić information content (AvgIpc) is 2.47. The molecule has 0 bridgehead atoms. The SMILES string of the molecule is CC(CN)NCc1ccn(C)n1. The molecule has 0 spiro atoms. The molecular weight excluding hydrogens is 152 g/mol. The summed E-state index contributed by atoms with van der Waals surface area (Å²) in [6.45, 7) is 3.51. The number of aromatic nitrogens is 2. The maximum Gasteiger partial charge on any atom is 0.0762 e. The zero-order valence-electron chi connectivity index (χ0n) is 7.62. The van der Waals surface area contributed by atoms with Crippen LogP contribution in [0.5, 0.6) is 0 Å². The summed E-state index contributed by atoms with van der Waals surface area (Å²) < 4.78 is 1.80. The standard InChI is InChI=1S/C8H16N4/c1-7(5-9)10-6-8-3-4-12(2)11-8/h3-4,7,10H,5-6,9H2,1-2H3. The van der Waals surface area contributed by atoms with Gasteiger partial charge in [-0.2, -0.15) is 5.10 Å². The Kier molecular flexibility index (Phi) is 3.25. The molecule has 0 fully saturated rings. The van der Waals surface area contributed by atoms with Crippen LogP contribution in [0.15, 0.2) is 12.3 Å². The second-order valence-corrected chi connectivity index (χ2v) is 3.00. The predicted molar refractivity (Wildman–Crippen MR) is 48.6 cm³/mol. The molecule has 0 aromatic carbocycles. The van der Waals surface area contributed by atoms with Crippen LogP contribution < -0.4 is 11.1 Å². The van der Waals surface area contributed by atoms with E-state index in [4.69, 9.17) is 5.73 Å². The average molecular weight is 168 g/mol. The second kappa shape index (κ2) is 4.23. The normalized spacial score (nSPS) is 13.2. The molecule has 1 rings (SSSR count). The first-order chi connectivity index (χ1) is 5.72. The van der Waals surface area contributed by atoms with E-state index in [1.54, 1.807) is 4.68 Å². The minimum atomic E-state index is 0.354. The van der Waals surface area contributed by atoms with Crippen molar-refractivity contribution >= 4 is 0 Å². The zero-order valence-corrected chi connectivity index (χ0v) is 7.62. The lowest BCUT2D eigenvalue weighted by Gasteiger charge is -2.08. The molecule has 68 valence electrons.